The molecule has 17 heavy (non-hydrogen) atoms. The number of oxime groups is 1. The summed E-state index contributed by atoms with van der Waals surface area (Å²) in [4.78, 5) is 0. The van der Waals surface area contributed by atoms with Crippen molar-refractivity contribution in [2.45, 2.75) is 30.8 Å². The Morgan fingerprint density at radius 3 is 2.94 bits per heavy atom. The van der Waals surface area contributed by atoms with Crippen molar-refractivity contribution in [3.63, 3.8) is 0 Å². The maximum absolute atomic E-state index is 11.8. The quantitative estimate of drug-likeness (QED) is 0.239. The van der Waals surface area contributed by atoms with Gasteiger partial charge in [0.1, 0.15) is 5.84 Å². The molecule has 96 valence electrons. The van der Waals surface area contributed by atoms with E-state index in [1.165, 1.54) is 12.3 Å². The molecule has 1 aromatic rings. The van der Waals surface area contributed by atoms with Gasteiger partial charge in [-0.15, -0.1) is 0 Å². The van der Waals surface area contributed by atoms with Crippen LogP contribution in [0.2, 0.25) is 0 Å². The number of amidine groups is 1. The molecule has 0 aliphatic carbocycles. The molecule has 0 aliphatic heterocycles. The van der Waals surface area contributed by atoms with E-state index in [1.54, 1.807) is 6.92 Å². The monoisotopic (exact) mass is 261 g/mol. The van der Waals surface area contributed by atoms with Crippen molar-refractivity contribution in [2.75, 3.05) is 0 Å². The maximum Gasteiger partial charge on any atom is 0.257 e. The first-order valence-corrected chi connectivity index (χ1v) is 6.46. The van der Waals surface area contributed by atoms with Gasteiger partial charge < -0.3 is 10.9 Å². The molecule has 1 unspecified atom stereocenters. The number of nitrogens with one attached hydrogen (secondary N) is 2. The average molecular weight is 261 g/mol. The first kappa shape index (κ1) is 13.5. The van der Waals surface area contributed by atoms with Crippen LogP contribution in [0.5, 0.6) is 0 Å². The standard InChI is InChI=1S/C8H15N5O3S/c1-2-6(5-7(9)12-14)13-17(15,16)8-3-4-10-11-8/h3-4,6,13-14H,2,5H2,1H3,(H2,9,12)(H,10,11). The smallest absolute Gasteiger partial charge is 0.257 e. The van der Waals surface area contributed by atoms with Crippen LogP contribution in [-0.2, 0) is 10.0 Å². The molecule has 8 nitrogen and oxygen atoms in total. The summed E-state index contributed by atoms with van der Waals surface area (Å²) in [5.41, 5.74) is 5.33. The molecule has 0 aliphatic rings. The van der Waals surface area contributed by atoms with Gasteiger partial charge in [-0.3, -0.25) is 5.10 Å². The van der Waals surface area contributed by atoms with E-state index in [-0.39, 0.29) is 17.3 Å². The number of nitrogens with two attached hydrogens (primary N) is 1. The van der Waals surface area contributed by atoms with Gasteiger partial charge in [-0.2, -0.15) is 5.10 Å². The third-order valence-corrected chi connectivity index (χ3v) is 3.61. The number of rotatable bonds is 6. The average Bonchev–Trinajstić information content (AvgIpc) is 2.81. The first-order chi connectivity index (χ1) is 7.99. The zero-order valence-corrected chi connectivity index (χ0v) is 10.1. The van der Waals surface area contributed by atoms with Crippen molar-refractivity contribution in [3.8, 4) is 0 Å². The molecule has 1 rings (SSSR count). The predicted molar refractivity (Wildman–Crippen MR) is 61.0 cm³/mol. The minimum Gasteiger partial charge on any atom is -0.409 e. The van der Waals surface area contributed by atoms with Crippen molar-refractivity contribution >= 4 is 15.9 Å². The summed E-state index contributed by atoms with van der Waals surface area (Å²) in [5.74, 6) is -0.0239. The van der Waals surface area contributed by atoms with Crippen LogP contribution >= 0.6 is 0 Å². The van der Waals surface area contributed by atoms with E-state index in [0.29, 0.717) is 6.42 Å². The normalized spacial score (nSPS) is 14.8. The molecule has 1 heterocycles. The summed E-state index contributed by atoms with van der Waals surface area (Å²) in [6, 6.07) is 0.914. The molecular formula is C8H15N5O3S. The van der Waals surface area contributed by atoms with Crippen molar-refractivity contribution in [3.05, 3.63) is 12.3 Å². The molecule has 0 fully saturated rings. The Bertz CT molecular complexity index is 467. The van der Waals surface area contributed by atoms with Crippen molar-refractivity contribution in [1.82, 2.24) is 14.9 Å². The molecule has 1 aromatic heterocycles. The van der Waals surface area contributed by atoms with Gasteiger partial charge in [0.15, 0.2) is 5.03 Å². The minimum absolute atomic E-state index is 0.0181. The highest BCUT2D eigenvalue weighted by atomic mass is 32.2. The first-order valence-electron chi connectivity index (χ1n) is 4.97. The van der Waals surface area contributed by atoms with Crippen LogP contribution in [0, 0.1) is 0 Å². The number of hydrogen-bond donors (Lipinski definition) is 4. The van der Waals surface area contributed by atoms with Crippen molar-refractivity contribution in [1.29, 1.82) is 0 Å². The third kappa shape index (κ3) is 3.71. The van der Waals surface area contributed by atoms with E-state index in [4.69, 9.17) is 10.9 Å². The number of sulfonamides is 1. The maximum atomic E-state index is 11.8. The SMILES string of the molecule is CCC(CC(N)=NO)NS(=O)(=O)c1ccn[nH]1. The summed E-state index contributed by atoms with van der Waals surface area (Å²) >= 11 is 0. The Labute approximate surface area is 98.9 Å². The Morgan fingerprint density at radius 1 is 1.76 bits per heavy atom. The van der Waals surface area contributed by atoms with Gasteiger partial charge in [0, 0.05) is 12.5 Å². The fourth-order valence-corrected chi connectivity index (χ4v) is 2.47. The van der Waals surface area contributed by atoms with Gasteiger partial charge in [-0.05, 0) is 12.5 Å². The van der Waals surface area contributed by atoms with Gasteiger partial charge in [0.05, 0.1) is 6.20 Å². The molecule has 0 aromatic carbocycles. The second-order valence-electron chi connectivity index (χ2n) is 3.44. The van der Waals surface area contributed by atoms with Crippen molar-refractivity contribution in [2.24, 2.45) is 10.9 Å². The zero-order valence-electron chi connectivity index (χ0n) is 9.29. The third-order valence-electron chi connectivity index (χ3n) is 2.16. The Morgan fingerprint density at radius 2 is 2.47 bits per heavy atom. The van der Waals surface area contributed by atoms with Crippen LogP contribution in [0.1, 0.15) is 19.8 Å². The zero-order chi connectivity index (χ0) is 12.9. The Kier molecular flexibility index (Phi) is 4.46. The highest BCUT2D eigenvalue weighted by Crippen LogP contribution is 2.07. The summed E-state index contributed by atoms with van der Waals surface area (Å²) in [6.07, 6.45) is 2.00. The van der Waals surface area contributed by atoms with Gasteiger partial charge in [-0.25, -0.2) is 13.1 Å². The lowest BCUT2D eigenvalue weighted by Crippen LogP contribution is -2.37. The van der Waals surface area contributed by atoms with Crippen LogP contribution < -0.4 is 10.5 Å². The second kappa shape index (κ2) is 5.64. The molecule has 0 saturated heterocycles. The summed E-state index contributed by atoms with van der Waals surface area (Å²) in [7, 11) is -3.64. The summed E-state index contributed by atoms with van der Waals surface area (Å²) in [6.45, 7) is 1.80. The van der Waals surface area contributed by atoms with Crippen LogP contribution in [0.3, 0.4) is 0 Å². The molecule has 9 heteroatoms. The van der Waals surface area contributed by atoms with E-state index < -0.39 is 16.1 Å². The molecule has 0 radical (unpaired) electrons. The van der Waals surface area contributed by atoms with Crippen LogP contribution in [0.25, 0.3) is 0 Å². The molecular weight excluding hydrogens is 246 g/mol. The van der Waals surface area contributed by atoms with Crippen LogP contribution in [-0.4, -0.2) is 35.7 Å². The highest BCUT2D eigenvalue weighted by Gasteiger charge is 2.20. The largest absolute Gasteiger partial charge is 0.409 e. The lowest BCUT2D eigenvalue weighted by Gasteiger charge is -2.15. The van der Waals surface area contributed by atoms with E-state index in [2.05, 4.69) is 20.1 Å². The number of nitrogens with zero attached hydrogens (tertiary/aromatic N) is 2. The van der Waals surface area contributed by atoms with Gasteiger partial charge >= 0.3 is 0 Å². The van der Waals surface area contributed by atoms with Crippen molar-refractivity contribution < 1.29 is 13.6 Å². The minimum atomic E-state index is -3.64. The summed E-state index contributed by atoms with van der Waals surface area (Å²) in [5, 5.41) is 17.2. The number of H-pyrrole nitrogens is 1. The van der Waals surface area contributed by atoms with E-state index in [0.717, 1.165) is 0 Å². The lowest BCUT2D eigenvalue weighted by atomic mass is 10.1. The molecule has 0 amide bonds. The fraction of sp³-hybridized carbons (Fsp3) is 0.500. The van der Waals surface area contributed by atoms with E-state index >= 15 is 0 Å². The number of aromatic amines is 1. The second-order valence-corrected chi connectivity index (χ2v) is 5.13. The molecule has 1 atom stereocenters. The molecule has 0 spiro atoms. The topological polar surface area (TPSA) is 133 Å². The van der Waals surface area contributed by atoms with Gasteiger partial charge in [0.2, 0.25) is 0 Å². The van der Waals surface area contributed by atoms with Crippen LogP contribution in [0.4, 0.5) is 0 Å². The number of hydrogen-bond acceptors (Lipinski definition) is 5. The molecule has 5 N–H and O–H groups in total. The van der Waals surface area contributed by atoms with Crippen LogP contribution in [0.15, 0.2) is 22.4 Å². The van der Waals surface area contributed by atoms with Gasteiger partial charge in [-0.1, -0.05) is 12.1 Å². The summed E-state index contributed by atoms with van der Waals surface area (Å²) < 4.78 is 26.1. The fourth-order valence-electron chi connectivity index (χ4n) is 1.24. The van der Waals surface area contributed by atoms with Gasteiger partial charge in [0.25, 0.3) is 10.0 Å². The molecule has 0 saturated carbocycles. The van der Waals surface area contributed by atoms with E-state index in [1.807, 2.05) is 0 Å². The number of aromatic nitrogens is 2. The molecule has 0 bridgehead atoms. The van der Waals surface area contributed by atoms with E-state index in [9.17, 15) is 8.42 Å². The lowest BCUT2D eigenvalue weighted by molar-refractivity contribution is 0.316. The predicted octanol–water partition coefficient (Wildman–Crippen LogP) is -0.397. The Hall–Kier alpha value is -1.61. The highest BCUT2D eigenvalue weighted by molar-refractivity contribution is 7.89. The Balaban J connectivity index is 2.75.